The van der Waals surface area contributed by atoms with Gasteiger partial charge in [0.15, 0.2) is 5.82 Å². The smallest absolute Gasteiger partial charge is 0.292 e. The highest BCUT2D eigenvalue weighted by Gasteiger charge is 2.30. The number of likely N-dealkylation sites (tertiary alicyclic amines) is 1. The molecule has 1 fully saturated rings. The Morgan fingerprint density at radius 2 is 2.26 bits per heavy atom. The van der Waals surface area contributed by atoms with Gasteiger partial charge in [0.2, 0.25) is 5.76 Å². The fourth-order valence-corrected chi connectivity index (χ4v) is 3.52. The van der Waals surface area contributed by atoms with E-state index in [1.807, 2.05) is 34.2 Å². The molecule has 3 aromatic rings. The highest BCUT2D eigenvalue weighted by molar-refractivity contribution is 5.91. The Morgan fingerprint density at radius 3 is 3.00 bits per heavy atom. The van der Waals surface area contributed by atoms with Gasteiger partial charge in [0.05, 0.1) is 18.6 Å². The first-order chi connectivity index (χ1) is 13.2. The summed E-state index contributed by atoms with van der Waals surface area (Å²) in [6, 6.07) is 1.73. The predicted molar refractivity (Wildman–Crippen MR) is 96.1 cm³/mol. The van der Waals surface area contributed by atoms with E-state index in [-0.39, 0.29) is 11.8 Å². The summed E-state index contributed by atoms with van der Waals surface area (Å²) in [5.74, 6) is 2.15. The molecule has 0 bridgehead atoms. The minimum Gasteiger partial charge on any atom is -0.351 e. The Kier molecular flexibility index (Phi) is 4.74. The summed E-state index contributed by atoms with van der Waals surface area (Å²) in [5.41, 5.74) is 0.796. The number of imidazole rings is 1. The number of hydrogen-bond acceptors (Lipinski definition) is 6. The molecule has 0 aliphatic carbocycles. The van der Waals surface area contributed by atoms with Gasteiger partial charge in [-0.05, 0) is 19.3 Å². The van der Waals surface area contributed by atoms with Crippen molar-refractivity contribution in [1.29, 1.82) is 0 Å². The van der Waals surface area contributed by atoms with Crippen LogP contribution in [-0.2, 0) is 20.0 Å². The molecule has 9 heteroatoms. The number of nitrogens with zero attached hydrogens (tertiary/aromatic N) is 7. The van der Waals surface area contributed by atoms with Crippen molar-refractivity contribution in [2.45, 2.75) is 38.6 Å². The van der Waals surface area contributed by atoms with Crippen molar-refractivity contribution in [2.24, 2.45) is 7.05 Å². The minimum absolute atomic E-state index is 0.104. The van der Waals surface area contributed by atoms with Crippen LogP contribution in [0.25, 0.3) is 0 Å². The van der Waals surface area contributed by atoms with Crippen LogP contribution < -0.4 is 0 Å². The average molecular weight is 369 g/mol. The molecule has 142 valence electrons. The number of piperidine rings is 1. The van der Waals surface area contributed by atoms with E-state index in [4.69, 9.17) is 4.52 Å². The van der Waals surface area contributed by atoms with E-state index in [2.05, 4.69) is 20.3 Å². The van der Waals surface area contributed by atoms with E-state index in [0.717, 1.165) is 43.1 Å². The summed E-state index contributed by atoms with van der Waals surface area (Å²) < 4.78 is 9.20. The second kappa shape index (κ2) is 7.34. The third kappa shape index (κ3) is 3.49. The van der Waals surface area contributed by atoms with Gasteiger partial charge in [-0.15, -0.1) is 10.2 Å². The fraction of sp³-hybridized carbons (Fsp3) is 0.500. The number of aryl methyl sites for hydroxylation is 1. The van der Waals surface area contributed by atoms with Crippen LogP contribution >= 0.6 is 0 Å². The molecule has 1 aliphatic rings. The van der Waals surface area contributed by atoms with Crippen molar-refractivity contribution in [1.82, 2.24) is 34.4 Å². The molecular weight excluding hydrogens is 346 g/mol. The molecule has 0 saturated carbocycles. The van der Waals surface area contributed by atoms with Gasteiger partial charge in [-0.2, -0.15) is 0 Å². The lowest BCUT2D eigenvalue weighted by Gasteiger charge is -2.31. The summed E-state index contributed by atoms with van der Waals surface area (Å²) >= 11 is 0. The molecule has 1 amide bonds. The largest absolute Gasteiger partial charge is 0.351 e. The van der Waals surface area contributed by atoms with Crippen LogP contribution in [-0.4, -0.2) is 53.4 Å². The van der Waals surface area contributed by atoms with Crippen LogP contribution in [0.1, 0.15) is 53.6 Å². The Bertz CT molecular complexity index is 912. The molecule has 4 rings (SSSR count). The van der Waals surface area contributed by atoms with E-state index in [1.54, 1.807) is 18.6 Å². The second-order valence-corrected chi connectivity index (χ2v) is 6.89. The quantitative estimate of drug-likeness (QED) is 0.678. The topological polar surface area (TPSA) is 94.9 Å². The Morgan fingerprint density at radius 1 is 1.37 bits per heavy atom. The van der Waals surface area contributed by atoms with Gasteiger partial charge in [-0.1, -0.05) is 12.1 Å². The van der Waals surface area contributed by atoms with Gasteiger partial charge in [0.25, 0.3) is 5.91 Å². The number of carbonyl (C=O) groups excluding carboxylic acids is 1. The Balaban J connectivity index is 1.48. The highest BCUT2D eigenvalue weighted by Crippen LogP contribution is 2.27. The van der Waals surface area contributed by atoms with Crippen molar-refractivity contribution in [3.63, 3.8) is 0 Å². The maximum atomic E-state index is 12.7. The molecule has 3 aromatic heterocycles. The third-order valence-corrected chi connectivity index (χ3v) is 5.09. The normalized spacial score (nSPS) is 17.4. The van der Waals surface area contributed by atoms with Gasteiger partial charge >= 0.3 is 0 Å². The zero-order valence-corrected chi connectivity index (χ0v) is 15.6. The monoisotopic (exact) mass is 369 g/mol. The molecule has 0 N–H and O–H groups in total. The standard InChI is InChI=1S/C18H23N7O2/c1-3-14-9-15(27-22-14)18(26)25-7-4-5-13(10-25)17-21-20-16(23(17)2)11-24-8-6-19-12-24/h6,8-9,12-13H,3-5,7,10-11H2,1-2H3/t13-/m0/s1. The van der Waals surface area contributed by atoms with Gasteiger partial charge in [0, 0.05) is 44.5 Å². The lowest BCUT2D eigenvalue weighted by atomic mass is 9.97. The number of amides is 1. The summed E-state index contributed by atoms with van der Waals surface area (Å²) in [4.78, 5) is 18.6. The molecular formula is C18H23N7O2. The molecule has 0 radical (unpaired) electrons. The number of hydrogen-bond donors (Lipinski definition) is 0. The van der Waals surface area contributed by atoms with Gasteiger partial charge in [0.1, 0.15) is 5.82 Å². The summed E-state index contributed by atoms with van der Waals surface area (Å²) in [7, 11) is 1.98. The molecule has 0 spiro atoms. The van der Waals surface area contributed by atoms with Crippen molar-refractivity contribution in [3.8, 4) is 0 Å². The summed E-state index contributed by atoms with van der Waals surface area (Å²) in [6.07, 6.45) is 8.06. The fourth-order valence-electron chi connectivity index (χ4n) is 3.52. The van der Waals surface area contributed by atoms with E-state index in [1.165, 1.54) is 0 Å². The second-order valence-electron chi connectivity index (χ2n) is 6.89. The predicted octanol–water partition coefficient (Wildman–Crippen LogP) is 1.63. The van der Waals surface area contributed by atoms with Crippen molar-refractivity contribution in [2.75, 3.05) is 13.1 Å². The van der Waals surface area contributed by atoms with Crippen molar-refractivity contribution >= 4 is 5.91 Å². The highest BCUT2D eigenvalue weighted by atomic mass is 16.5. The molecule has 1 aliphatic heterocycles. The zero-order valence-electron chi connectivity index (χ0n) is 15.6. The van der Waals surface area contributed by atoms with Gasteiger partial charge < -0.3 is 18.6 Å². The maximum absolute atomic E-state index is 12.7. The van der Waals surface area contributed by atoms with Crippen LogP contribution in [0.2, 0.25) is 0 Å². The summed E-state index contributed by atoms with van der Waals surface area (Å²) in [5, 5.41) is 12.7. The van der Waals surface area contributed by atoms with Crippen LogP contribution in [0.4, 0.5) is 0 Å². The molecule has 27 heavy (non-hydrogen) atoms. The van der Waals surface area contributed by atoms with E-state index in [9.17, 15) is 4.79 Å². The average Bonchev–Trinajstić information content (AvgIpc) is 3.44. The summed E-state index contributed by atoms with van der Waals surface area (Å²) in [6.45, 7) is 3.94. The van der Waals surface area contributed by atoms with Crippen molar-refractivity contribution in [3.05, 3.63) is 47.9 Å². The maximum Gasteiger partial charge on any atom is 0.292 e. The van der Waals surface area contributed by atoms with Crippen molar-refractivity contribution < 1.29 is 9.32 Å². The third-order valence-electron chi connectivity index (χ3n) is 5.09. The molecule has 4 heterocycles. The van der Waals surface area contributed by atoms with Crippen LogP contribution in [0.5, 0.6) is 0 Å². The zero-order chi connectivity index (χ0) is 18.8. The van der Waals surface area contributed by atoms with Gasteiger partial charge in [-0.3, -0.25) is 4.79 Å². The SMILES string of the molecule is CCc1cc(C(=O)N2CCC[C@H](c3nnc(Cn4ccnc4)n3C)C2)on1. The molecule has 1 atom stereocenters. The van der Waals surface area contributed by atoms with Crippen LogP contribution in [0.3, 0.4) is 0 Å². The lowest BCUT2D eigenvalue weighted by molar-refractivity contribution is 0.0661. The van der Waals surface area contributed by atoms with Crippen LogP contribution in [0.15, 0.2) is 29.3 Å². The number of rotatable bonds is 5. The Hall–Kier alpha value is -2.97. The molecule has 0 unspecified atom stereocenters. The molecule has 9 nitrogen and oxygen atoms in total. The van der Waals surface area contributed by atoms with E-state index in [0.29, 0.717) is 18.8 Å². The minimum atomic E-state index is -0.104. The van der Waals surface area contributed by atoms with Gasteiger partial charge in [-0.25, -0.2) is 4.98 Å². The first kappa shape index (κ1) is 17.4. The molecule has 0 aromatic carbocycles. The van der Waals surface area contributed by atoms with E-state index < -0.39 is 0 Å². The molecule has 1 saturated heterocycles. The Labute approximate surface area is 157 Å². The van der Waals surface area contributed by atoms with E-state index >= 15 is 0 Å². The number of carbonyl (C=O) groups is 1. The van der Waals surface area contributed by atoms with Crippen LogP contribution in [0, 0.1) is 0 Å². The first-order valence-corrected chi connectivity index (χ1v) is 9.24. The number of aromatic nitrogens is 6. The lowest BCUT2D eigenvalue weighted by Crippen LogP contribution is -2.39. The first-order valence-electron chi connectivity index (χ1n) is 9.24.